The van der Waals surface area contributed by atoms with Crippen molar-refractivity contribution in [2.45, 2.75) is 25.7 Å². The normalized spacial score (nSPS) is 13.1. The van der Waals surface area contributed by atoms with E-state index in [1.807, 2.05) is 0 Å². The Labute approximate surface area is 128 Å². The predicted molar refractivity (Wildman–Crippen MR) is 69.4 cm³/mol. The van der Waals surface area contributed by atoms with Gasteiger partial charge in [-0.2, -0.15) is 13.2 Å². The Hall–Kier alpha value is -2.43. The third kappa shape index (κ3) is 4.52. The molecular weight excluding hydrogens is 319 g/mol. The fourth-order valence-electron chi connectivity index (χ4n) is 1.71. The molecule has 1 atom stereocenters. The van der Waals surface area contributed by atoms with E-state index in [2.05, 4.69) is 25.3 Å². The SMILES string of the molecule is COC(=O)c1coc(C(C)n2cc(CNCC(F)(F)F)nn2)n1. The molecule has 0 saturated heterocycles. The number of alkyl halides is 3. The zero-order valence-corrected chi connectivity index (χ0v) is 12.3. The number of nitrogens with zero attached hydrogens (tertiary/aromatic N) is 4. The zero-order chi connectivity index (χ0) is 17.0. The Morgan fingerprint density at radius 3 is 2.91 bits per heavy atom. The van der Waals surface area contributed by atoms with Crippen LogP contribution in [-0.2, 0) is 11.3 Å². The highest BCUT2D eigenvalue weighted by Crippen LogP contribution is 2.17. The molecule has 0 amide bonds. The van der Waals surface area contributed by atoms with Gasteiger partial charge in [0.25, 0.3) is 0 Å². The van der Waals surface area contributed by atoms with Crippen molar-refractivity contribution < 1.29 is 27.1 Å². The molecular formula is C12H14F3N5O3. The van der Waals surface area contributed by atoms with E-state index in [0.717, 1.165) is 6.26 Å². The number of hydrogen-bond acceptors (Lipinski definition) is 7. The Kier molecular flexibility index (Phi) is 4.98. The summed E-state index contributed by atoms with van der Waals surface area (Å²) in [6.45, 7) is 0.497. The second-order valence-electron chi connectivity index (χ2n) is 4.65. The molecule has 11 heteroatoms. The van der Waals surface area contributed by atoms with E-state index < -0.39 is 24.7 Å². The quantitative estimate of drug-likeness (QED) is 0.796. The van der Waals surface area contributed by atoms with Crippen LogP contribution in [0.5, 0.6) is 0 Å². The highest BCUT2D eigenvalue weighted by molar-refractivity contribution is 5.86. The first-order chi connectivity index (χ1) is 10.8. The lowest BCUT2D eigenvalue weighted by Gasteiger charge is -2.06. The maximum atomic E-state index is 12.0. The van der Waals surface area contributed by atoms with Crippen molar-refractivity contribution >= 4 is 5.97 Å². The summed E-state index contributed by atoms with van der Waals surface area (Å²) in [5.41, 5.74) is 0.349. The molecule has 0 spiro atoms. The van der Waals surface area contributed by atoms with Crippen LogP contribution in [0.4, 0.5) is 13.2 Å². The fourth-order valence-corrected chi connectivity index (χ4v) is 1.71. The van der Waals surface area contributed by atoms with Crippen molar-refractivity contribution in [2.24, 2.45) is 0 Å². The number of methoxy groups -OCH3 is 1. The van der Waals surface area contributed by atoms with Crippen molar-refractivity contribution in [1.82, 2.24) is 25.3 Å². The average molecular weight is 333 g/mol. The number of hydrogen-bond donors (Lipinski definition) is 1. The summed E-state index contributed by atoms with van der Waals surface area (Å²) >= 11 is 0. The molecule has 0 radical (unpaired) electrons. The van der Waals surface area contributed by atoms with Crippen LogP contribution in [0, 0.1) is 0 Å². The van der Waals surface area contributed by atoms with Gasteiger partial charge in [-0.3, -0.25) is 0 Å². The molecule has 2 heterocycles. The minimum atomic E-state index is -4.29. The highest BCUT2D eigenvalue weighted by atomic mass is 19.4. The van der Waals surface area contributed by atoms with Crippen LogP contribution in [0.1, 0.15) is 35.0 Å². The molecule has 0 aliphatic heterocycles. The fraction of sp³-hybridized carbons (Fsp3) is 0.500. The smallest absolute Gasteiger partial charge is 0.401 e. The number of esters is 1. The molecule has 0 aromatic carbocycles. The van der Waals surface area contributed by atoms with Gasteiger partial charge in [-0.15, -0.1) is 5.10 Å². The molecule has 0 fully saturated rings. The van der Waals surface area contributed by atoms with Crippen molar-refractivity contribution in [1.29, 1.82) is 0 Å². The number of carbonyl (C=O) groups is 1. The van der Waals surface area contributed by atoms with Crippen molar-refractivity contribution in [3.05, 3.63) is 29.7 Å². The number of aromatic nitrogens is 4. The standard InChI is InChI=1S/C12H14F3N5O3/c1-7(10-17-9(5-23-10)11(21)22-2)20-4-8(18-19-20)3-16-6-12(13,14)15/h4-5,7,16H,3,6H2,1-2H3. The third-order valence-electron chi connectivity index (χ3n) is 2.86. The van der Waals surface area contributed by atoms with Crippen LogP contribution < -0.4 is 5.32 Å². The number of halogens is 3. The summed E-state index contributed by atoms with van der Waals surface area (Å²) in [5, 5.41) is 9.79. The molecule has 8 nitrogen and oxygen atoms in total. The number of ether oxygens (including phenoxy) is 1. The second-order valence-corrected chi connectivity index (χ2v) is 4.65. The van der Waals surface area contributed by atoms with Gasteiger partial charge in [0.2, 0.25) is 5.89 Å². The van der Waals surface area contributed by atoms with E-state index in [-0.39, 0.29) is 18.1 Å². The first-order valence-corrected chi connectivity index (χ1v) is 6.52. The van der Waals surface area contributed by atoms with Crippen LogP contribution >= 0.6 is 0 Å². The van der Waals surface area contributed by atoms with Crippen molar-refractivity contribution in [3.8, 4) is 0 Å². The number of carbonyl (C=O) groups excluding carboxylic acids is 1. The zero-order valence-electron chi connectivity index (χ0n) is 12.3. The number of oxazole rings is 1. The largest absolute Gasteiger partial charge is 0.464 e. The number of nitrogens with one attached hydrogen (secondary N) is 1. The van der Waals surface area contributed by atoms with E-state index in [1.165, 1.54) is 18.0 Å². The summed E-state index contributed by atoms with van der Waals surface area (Å²) in [6, 6.07) is -0.489. The first kappa shape index (κ1) is 16.9. The van der Waals surface area contributed by atoms with Gasteiger partial charge in [0.1, 0.15) is 12.3 Å². The van der Waals surface area contributed by atoms with Crippen LogP contribution in [-0.4, -0.2) is 45.8 Å². The second kappa shape index (κ2) is 6.77. The predicted octanol–water partition coefficient (Wildman–Crippen LogP) is 1.31. The molecule has 0 bridgehead atoms. The monoisotopic (exact) mass is 333 g/mol. The summed E-state index contributed by atoms with van der Waals surface area (Å²) in [5.74, 6) is -0.437. The van der Waals surface area contributed by atoms with Crippen LogP contribution in [0.15, 0.2) is 16.9 Å². The molecule has 2 aromatic heterocycles. The molecule has 0 aliphatic rings. The summed E-state index contributed by atoms with van der Waals surface area (Å²) < 4.78 is 47.2. The van der Waals surface area contributed by atoms with Crippen LogP contribution in [0.25, 0.3) is 0 Å². The van der Waals surface area contributed by atoms with Gasteiger partial charge in [-0.05, 0) is 6.92 Å². The first-order valence-electron chi connectivity index (χ1n) is 6.52. The van der Waals surface area contributed by atoms with Crippen LogP contribution in [0.3, 0.4) is 0 Å². The lowest BCUT2D eigenvalue weighted by molar-refractivity contribution is -0.125. The Balaban J connectivity index is 1.99. The number of rotatable bonds is 6. The molecule has 0 saturated carbocycles. The third-order valence-corrected chi connectivity index (χ3v) is 2.86. The van der Waals surface area contributed by atoms with Gasteiger partial charge in [-0.1, -0.05) is 5.21 Å². The topological polar surface area (TPSA) is 95.1 Å². The summed E-state index contributed by atoms with van der Waals surface area (Å²) in [6.07, 6.45) is -1.66. The van der Waals surface area contributed by atoms with E-state index >= 15 is 0 Å². The van der Waals surface area contributed by atoms with Gasteiger partial charge < -0.3 is 14.5 Å². The Morgan fingerprint density at radius 1 is 1.52 bits per heavy atom. The molecule has 1 unspecified atom stereocenters. The maximum Gasteiger partial charge on any atom is 0.401 e. The molecule has 126 valence electrons. The Bertz CT molecular complexity index is 667. The lowest BCUT2D eigenvalue weighted by Crippen LogP contribution is -2.28. The van der Waals surface area contributed by atoms with Gasteiger partial charge >= 0.3 is 12.1 Å². The van der Waals surface area contributed by atoms with E-state index in [0.29, 0.717) is 5.69 Å². The molecule has 2 rings (SSSR count). The lowest BCUT2D eigenvalue weighted by atomic mass is 10.3. The molecule has 0 aliphatic carbocycles. The Morgan fingerprint density at radius 2 is 2.26 bits per heavy atom. The molecule has 23 heavy (non-hydrogen) atoms. The highest BCUT2D eigenvalue weighted by Gasteiger charge is 2.26. The minimum Gasteiger partial charge on any atom is -0.464 e. The minimum absolute atomic E-state index is 0.0153. The maximum absolute atomic E-state index is 12.0. The van der Waals surface area contributed by atoms with Gasteiger partial charge in [-0.25, -0.2) is 14.5 Å². The molecule has 1 N–H and O–H groups in total. The van der Waals surface area contributed by atoms with Gasteiger partial charge in [0, 0.05) is 6.54 Å². The van der Waals surface area contributed by atoms with E-state index in [9.17, 15) is 18.0 Å². The summed E-state index contributed by atoms with van der Waals surface area (Å²) in [7, 11) is 1.22. The van der Waals surface area contributed by atoms with E-state index in [4.69, 9.17) is 4.42 Å². The van der Waals surface area contributed by atoms with Crippen molar-refractivity contribution in [3.63, 3.8) is 0 Å². The van der Waals surface area contributed by atoms with Gasteiger partial charge in [0.15, 0.2) is 5.69 Å². The van der Waals surface area contributed by atoms with E-state index in [1.54, 1.807) is 6.92 Å². The average Bonchev–Trinajstić information content (AvgIpc) is 3.13. The van der Waals surface area contributed by atoms with Gasteiger partial charge in [0.05, 0.1) is 25.5 Å². The van der Waals surface area contributed by atoms with Crippen molar-refractivity contribution in [2.75, 3.05) is 13.7 Å². The molecule has 2 aromatic rings. The van der Waals surface area contributed by atoms with Crippen LogP contribution in [0.2, 0.25) is 0 Å². The summed E-state index contributed by atoms with van der Waals surface area (Å²) in [4.78, 5) is 15.3.